The lowest BCUT2D eigenvalue weighted by Gasteiger charge is -2.09. The average molecular weight is 286 g/mol. The van der Waals surface area contributed by atoms with Crippen LogP contribution < -0.4 is 0 Å². The molecule has 1 N–H and O–H groups in total. The number of phenolic OH excluding ortho intramolecular Hbond substituents is 1. The molecule has 2 aromatic rings. The van der Waals surface area contributed by atoms with Crippen molar-refractivity contribution >= 4 is 17.1 Å². The number of rotatable bonds is 2. The molecule has 1 aromatic heterocycles. The molecule has 0 fully saturated rings. The third-order valence-electron chi connectivity index (χ3n) is 2.54. The van der Waals surface area contributed by atoms with Crippen molar-refractivity contribution < 1.29 is 23.1 Å². The fourth-order valence-corrected chi connectivity index (χ4v) is 2.51. The van der Waals surface area contributed by atoms with Crippen molar-refractivity contribution in [1.82, 2.24) is 0 Å². The lowest BCUT2D eigenvalue weighted by atomic mass is 10.1. The Morgan fingerprint density at radius 1 is 1.21 bits per heavy atom. The maximum Gasteiger partial charge on any atom is 0.416 e. The van der Waals surface area contributed by atoms with E-state index in [4.69, 9.17) is 0 Å². The number of benzene rings is 1. The van der Waals surface area contributed by atoms with E-state index >= 15 is 0 Å². The van der Waals surface area contributed by atoms with Gasteiger partial charge in [0.05, 0.1) is 10.4 Å². The average Bonchev–Trinajstić information content (AvgIpc) is 2.77. The van der Waals surface area contributed by atoms with Gasteiger partial charge >= 0.3 is 6.18 Å². The van der Waals surface area contributed by atoms with Gasteiger partial charge in [-0.15, -0.1) is 11.3 Å². The van der Waals surface area contributed by atoms with Gasteiger partial charge in [-0.05, 0) is 37.3 Å². The number of hydrogen-bond acceptors (Lipinski definition) is 3. The number of carbonyl (C=O) groups is 1. The van der Waals surface area contributed by atoms with Gasteiger partial charge in [0.15, 0.2) is 5.78 Å². The van der Waals surface area contributed by atoms with Gasteiger partial charge in [0.25, 0.3) is 0 Å². The number of ketones is 1. The van der Waals surface area contributed by atoms with E-state index in [9.17, 15) is 23.1 Å². The first-order valence-electron chi connectivity index (χ1n) is 5.30. The quantitative estimate of drug-likeness (QED) is 0.834. The lowest BCUT2D eigenvalue weighted by molar-refractivity contribution is -0.137. The Hall–Kier alpha value is -1.82. The van der Waals surface area contributed by atoms with Crippen molar-refractivity contribution in [2.24, 2.45) is 0 Å². The number of halogens is 3. The summed E-state index contributed by atoms with van der Waals surface area (Å²) >= 11 is 1.05. The molecule has 100 valence electrons. The van der Waals surface area contributed by atoms with E-state index in [0.717, 1.165) is 29.5 Å². The molecule has 0 radical (unpaired) electrons. The molecule has 2 rings (SSSR count). The minimum absolute atomic E-state index is 0.0762. The molecule has 0 bridgehead atoms. The van der Waals surface area contributed by atoms with Gasteiger partial charge in [-0.2, -0.15) is 13.2 Å². The van der Waals surface area contributed by atoms with Crippen molar-refractivity contribution in [2.45, 2.75) is 13.1 Å². The van der Waals surface area contributed by atoms with E-state index in [0.29, 0.717) is 9.75 Å². The van der Waals surface area contributed by atoms with E-state index < -0.39 is 11.7 Å². The summed E-state index contributed by atoms with van der Waals surface area (Å²) in [5.41, 5.74) is -0.759. The van der Waals surface area contributed by atoms with E-state index in [1.807, 2.05) is 0 Å². The summed E-state index contributed by atoms with van der Waals surface area (Å²) in [5.74, 6) is -0.410. The fourth-order valence-electron chi connectivity index (χ4n) is 1.58. The van der Waals surface area contributed by atoms with Crippen LogP contribution in [0.2, 0.25) is 0 Å². The number of aromatic hydroxyl groups is 1. The third kappa shape index (κ3) is 2.78. The van der Waals surface area contributed by atoms with Gasteiger partial charge in [0.2, 0.25) is 0 Å². The molecule has 0 saturated heterocycles. The number of phenols is 1. The second-order valence-electron chi connectivity index (χ2n) is 3.95. The van der Waals surface area contributed by atoms with Crippen LogP contribution in [0.1, 0.15) is 22.2 Å². The maximum absolute atomic E-state index is 12.6. The Labute approximate surface area is 111 Å². The van der Waals surface area contributed by atoms with E-state index in [1.54, 1.807) is 0 Å². The molecule has 0 aliphatic carbocycles. The zero-order chi connectivity index (χ0) is 14.2. The predicted molar refractivity (Wildman–Crippen MR) is 66.4 cm³/mol. The zero-order valence-electron chi connectivity index (χ0n) is 9.78. The highest BCUT2D eigenvalue weighted by Crippen LogP contribution is 2.39. The van der Waals surface area contributed by atoms with Crippen molar-refractivity contribution in [3.8, 4) is 16.2 Å². The smallest absolute Gasteiger partial charge is 0.416 e. The number of carbonyl (C=O) groups excluding carboxylic acids is 1. The topological polar surface area (TPSA) is 37.3 Å². The summed E-state index contributed by atoms with van der Waals surface area (Å²) < 4.78 is 37.8. The Balaban J connectivity index is 2.51. The molecule has 0 aliphatic rings. The van der Waals surface area contributed by atoms with Gasteiger partial charge in [-0.1, -0.05) is 0 Å². The SMILES string of the molecule is CC(=O)c1ccc(-c2cc(C(F)(F)F)ccc2O)s1. The van der Waals surface area contributed by atoms with Crippen molar-refractivity contribution in [1.29, 1.82) is 0 Å². The first-order chi connectivity index (χ1) is 8.79. The molecule has 1 aromatic carbocycles. The van der Waals surface area contributed by atoms with E-state index in [2.05, 4.69) is 0 Å². The van der Waals surface area contributed by atoms with Crippen molar-refractivity contribution in [3.05, 3.63) is 40.8 Å². The van der Waals surface area contributed by atoms with Gasteiger partial charge < -0.3 is 5.11 Å². The van der Waals surface area contributed by atoms with Crippen LogP contribution in [0.3, 0.4) is 0 Å². The predicted octanol–water partition coefficient (Wildman–Crippen LogP) is 4.34. The van der Waals surface area contributed by atoms with Crippen LogP contribution in [0.5, 0.6) is 5.75 Å². The van der Waals surface area contributed by atoms with Gasteiger partial charge in [0, 0.05) is 10.4 Å². The minimum atomic E-state index is -4.47. The van der Waals surface area contributed by atoms with Crippen LogP contribution in [-0.4, -0.2) is 10.9 Å². The van der Waals surface area contributed by atoms with Crippen LogP contribution >= 0.6 is 11.3 Å². The van der Waals surface area contributed by atoms with Gasteiger partial charge in [0.1, 0.15) is 5.75 Å². The largest absolute Gasteiger partial charge is 0.507 e. The molecule has 2 nitrogen and oxygen atoms in total. The number of hydrogen-bond donors (Lipinski definition) is 1. The molecule has 6 heteroatoms. The fraction of sp³-hybridized carbons (Fsp3) is 0.154. The highest BCUT2D eigenvalue weighted by Gasteiger charge is 2.31. The normalized spacial score (nSPS) is 11.6. The van der Waals surface area contributed by atoms with Crippen molar-refractivity contribution in [2.75, 3.05) is 0 Å². The van der Waals surface area contributed by atoms with Crippen LogP contribution in [0.4, 0.5) is 13.2 Å². The summed E-state index contributed by atoms with van der Waals surface area (Å²) in [6.45, 7) is 1.38. The van der Waals surface area contributed by atoms with Crippen LogP contribution in [-0.2, 0) is 6.18 Å². The second-order valence-corrected chi connectivity index (χ2v) is 5.03. The van der Waals surface area contributed by atoms with Crippen LogP contribution in [0.15, 0.2) is 30.3 Å². The molecule has 19 heavy (non-hydrogen) atoms. The summed E-state index contributed by atoms with van der Waals surface area (Å²) in [5, 5.41) is 9.66. The van der Waals surface area contributed by atoms with Crippen LogP contribution in [0.25, 0.3) is 10.4 Å². The first-order valence-corrected chi connectivity index (χ1v) is 6.12. The summed E-state index contributed by atoms with van der Waals surface area (Å²) in [6.07, 6.45) is -4.47. The summed E-state index contributed by atoms with van der Waals surface area (Å²) in [7, 11) is 0. The number of alkyl halides is 3. The summed E-state index contributed by atoms with van der Waals surface area (Å²) in [6, 6.07) is 5.76. The van der Waals surface area contributed by atoms with Gasteiger partial charge in [-0.3, -0.25) is 4.79 Å². The molecule has 0 saturated carbocycles. The Morgan fingerprint density at radius 3 is 2.42 bits per heavy atom. The molecule has 0 atom stereocenters. The summed E-state index contributed by atoms with van der Waals surface area (Å²) in [4.78, 5) is 12.0. The van der Waals surface area contributed by atoms with Crippen molar-refractivity contribution in [3.63, 3.8) is 0 Å². The molecule has 0 aliphatic heterocycles. The molecule has 0 unspecified atom stereocenters. The molecule has 1 heterocycles. The molecular weight excluding hydrogens is 277 g/mol. The Morgan fingerprint density at radius 2 is 1.89 bits per heavy atom. The second kappa shape index (κ2) is 4.70. The highest BCUT2D eigenvalue weighted by molar-refractivity contribution is 7.17. The standard InChI is InChI=1S/C13H9F3O2S/c1-7(17)11-4-5-12(19-11)9-6-8(13(14,15)16)2-3-10(9)18/h2-6,18H,1H3. The lowest BCUT2D eigenvalue weighted by Crippen LogP contribution is -2.04. The molecule has 0 spiro atoms. The van der Waals surface area contributed by atoms with Gasteiger partial charge in [-0.25, -0.2) is 0 Å². The number of Topliss-reactive ketones (excluding diaryl/α,β-unsaturated/α-hetero) is 1. The monoisotopic (exact) mass is 286 g/mol. The maximum atomic E-state index is 12.6. The third-order valence-corrected chi connectivity index (χ3v) is 3.76. The molecule has 0 amide bonds. The zero-order valence-corrected chi connectivity index (χ0v) is 10.6. The minimum Gasteiger partial charge on any atom is -0.507 e. The van der Waals surface area contributed by atoms with Crippen LogP contribution in [0, 0.1) is 0 Å². The Bertz CT molecular complexity index is 629. The van der Waals surface area contributed by atoms with E-state index in [-0.39, 0.29) is 17.1 Å². The first kappa shape index (κ1) is 13.6. The Kier molecular flexibility index (Phi) is 3.36. The van der Waals surface area contributed by atoms with E-state index in [1.165, 1.54) is 19.1 Å². The number of thiophene rings is 1. The molecular formula is C13H9F3O2S. The highest BCUT2D eigenvalue weighted by atomic mass is 32.1.